The quantitative estimate of drug-likeness (QED) is 0.242. The van der Waals surface area contributed by atoms with Gasteiger partial charge in [0.05, 0.1) is 17.0 Å². The first-order valence-corrected chi connectivity index (χ1v) is 13.4. The smallest absolute Gasteiger partial charge is 0.416 e. The first-order chi connectivity index (χ1) is 18.3. The molecule has 0 radical (unpaired) electrons. The molecule has 3 heterocycles. The average Bonchev–Trinajstić information content (AvgIpc) is 3.45. The van der Waals surface area contributed by atoms with Crippen LogP contribution in [0.15, 0.2) is 89.1 Å². The maximum Gasteiger partial charge on any atom is 0.416 e. The van der Waals surface area contributed by atoms with E-state index < -0.39 is 11.7 Å². The molecule has 2 aliphatic rings. The summed E-state index contributed by atoms with van der Waals surface area (Å²) in [5.74, 6) is 0.191. The molecule has 6 rings (SSSR count). The monoisotopic (exact) mass is 549 g/mol. The molecule has 0 bridgehead atoms. The van der Waals surface area contributed by atoms with Crippen LogP contribution in [0, 0.1) is 0 Å². The summed E-state index contributed by atoms with van der Waals surface area (Å²) in [5.41, 5.74) is 1.91. The maximum atomic E-state index is 13.6. The number of alkyl halides is 3. The SMILES string of the molecule is O=C1/C(=C/c2cccc(Oc3cccc(C(F)(F)F)c3)c2)SC2c3ccccc3C(=O)N2Cc2sccc21. The minimum Gasteiger partial charge on any atom is -0.457 e. The lowest BCUT2D eigenvalue weighted by atomic mass is 10.1. The predicted molar refractivity (Wildman–Crippen MR) is 141 cm³/mol. The molecule has 1 unspecified atom stereocenters. The third-order valence-electron chi connectivity index (χ3n) is 6.32. The van der Waals surface area contributed by atoms with Crippen molar-refractivity contribution in [2.45, 2.75) is 18.1 Å². The molecule has 3 aromatic carbocycles. The van der Waals surface area contributed by atoms with Crippen LogP contribution in [0.5, 0.6) is 11.5 Å². The number of carbonyl (C=O) groups excluding carboxylic acids is 2. The number of hydrogen-bond donors (Lipinski definition) is 0. The van der Waals surface area contributed by atoms with Gasteiger partial charge in [-0.05, 0) is 65.0 Å². The van der Waals surface area contributed by atoms with Gasteiger partial charge in [0.25, 0.3) is 5.91 Å². The Hall–Kier alpha value is -3.82. The summed E-state index contributed by atoms with van der Waals surface area (Å²) in [4.78, 5) is 29.9. The molecule has 0 fully saturated rings. The summed E-state index contributed by atoms with van der Waals surface area (Å²) < 4.78 is 45.0. The number of rotatable bonds is 3. The molecular formula is C29H18F3NO3S2. The standard InChI is InChI=1S/C29H18F3NO3S2/c30-29(31,32)18-6-4-8-20(15-18)36-19-7-3-5-17(13-19)14-24-26(34)23-11-12-37-25(23)16-33-27(35)21-9-1-2-10-22(21)28(33)38-24/h1-15,28H,16H2/b24-14-. The number of fused-ring (bicyclic) bond motifs is 4. The summed E-state index contributed by atoms with van der Waals surface area (Å²) in [6, 6.07) is 20.7. The van der Waals surface area contributed by atoms with E-state index in [-0.39, 0.29) is 22.8 Å². The van der Waals surface area contributed by atoms with Crippen LogP contribution in [0.3, 0.4) is 0 Å². The van der Waals surface area contributed by atoms with E-state index in [1.54, 1.807) is 47.4 Å². The number of benzene rings is 3. The Morgan fingerprint density at radius 2 is 1.66 bits per heavy atom. The molecule has 1 atom stereocenters. The summed E-state index contributed by atoms with van der Waals surface area (Å²) in [6.45, 7) is 0.359. The van der Waals surface area contributed by atoms with Crippen molar-refractivity contribution in [3.8, 4) is 11.5 Å². The topological polar surface area (TPSA) is 46.6 Å². The number of thioether (sulfide) groups is 1. The number of allylic oxidation sites excluding steroid dienone is 1. The fourth-order valence-corrected chi connectivity index (χ4v) is 6.70. The molecule has 4 nitrogen and oxygen atoms in total. The van der Waals surface area contributed by atoms with Crippen molar-refractivity contribution >= 4 is 40.9 Å². The molecule has 2 aliphatic heterocycles. The van der Waals surface area contributed by atoms with E-state index >= 15 is 0 Å². The van der Waals surface area contributed by atoms with Crippen molar-refractivity contribution in [2.24, 2.45) is 0 Å². The Labute approximate surface area is 224 Å². The maximum absolute atomic E-state index is 13.6. The molecule has 38 heavy (non-hydrogen) atoms. The van der Waals surface area contributed by atoms with Gasteiger partial charge in [-0.25, -0.2) is 0 Å². The molecule has 4 aromatic rings. The first-order valence-electron chi connectivity index (χ1n) is 11.6. The lowest BCUT2D eigenvalue weighted by Gasteiger charge is -2.28. The second-order valence-electron chi connectivity index (χ2n) is 8.79. The van der Waals surface area contributed by atoms with Crippen molar-refractivity contribution in [3.63, 3.8) is 0 Å². The Morgan fingerprint density at radius 3 is 2.47 bits per heavy atom. The molecular weight excluding hydrogens is 531 g/mol. The molecule has 1 aromatic heterocycles. The minimum absolute atomic E-state index is 0.0562. The van der Waals surface area contributed by atoms with Crippen molar-refractivity contribution in [3.05, 3.63) is 122 Å². The van der Waals surface area contributed by atoms with Gasteiger partial charge in [-0.1, -0.05) is 48.2 Å². The van der Waals surface area contributed by atoms with Crippen LogP contribution < -0.4 is 4.74 Å². The highest BCUT2D eigenvalue weighted by Crippen LogP contribution is 2.48. The number of ether oxygens (including phenoxy) is 1. The summed E-state index contributed by atoms with van der Waals surface area (Å²) in [5, 5.41) is 1.50. The Balaban J connectivity index is 1.36. The number of Topliss-reactive ketones (excluding diaryl/α,β-unsaturated/α-hetero) is 1. The fraction of sp³-hybridized carbons (Fsp3) is 0.103. The van der Waals surface area contributed by atoms with Crippen molar-refractivity contribution in [2.75, 3.05) is 0 Å². The highest BCUT2D eigenvalue weighted by molar-refractivity contribution is 8.04. The van der Waals surface area contributed by atoms with E-state index in [4.69, 9.17) is 4.74 Å². The van der Waals surface area contributed by atoms with Crippen LogP contribution in [0.25, 0.3) is 6.08 Å². The molecule has 1 amide bonds. The zero-order valence-corrected chi connectivity index (χ0v) is 21.2. The van der Waals surface area contributed by atoms with Gasteiger partial charge in [-0.3, -0.25) is 9.59 Å². The van der Waals surface area contributed by atoms with Crippen molar-refractivity contribution in [1.82, 2.24) is 4.90 Å². The zero-order valence-electron chi connectivity index (χ0n) is 19.6. The number of nitrogens with zero attached hydrogens (tertiary/aromatic N) is 1. The normalized spacial score (nSPS) is 18.0. The number of carbonyl (C=O) groups is 2. The second-order valence-corrected chi connectivity index (χ2v) is 10.9. The number of hydrogen-bond acceptors (Lipinski definition) is 5. The van der Waals surface area contributed by atoms with Crippen molar-refractivity contribution < 1.29 is 27.5 Å². The van der Waals surface area contributed by atoms with E-state index in [0.29, 0.717) is 33.9 Å². The van der Waals surface area contributed by atoms with Gasteiger partial charge in [0.15, 0.2) is 0 Å². The van der Waals surface area contributed by atoms with Gasteiger partial charge in [0, 0.05) is 16.0 Å². The molecule has 0 aliphatic carbocycles. The molecule has 0 saturated heterocycles. The van der Waals surface area contributed by atoms with Gasteiger partial charge in [-0.15, -0.1) is 11.3 Å². The summed E-state index contributed by atoms with van der Waals surface area (Å²) in [6.07, 6.45) is -2.74. The molecule has 0 N–H and O–H groups in total. The zero-order chi connectivity index (χ0) is 26.4. The van der Waals surface area contributed by atoms with Crippen LogP contribution in [0.2, 0.25) is 0 Å². The van der Waals surface area contributed by atoms with Gasteiger partial charge in [0.1, 0.15) is 16.9 Å². The van der Waals surface area contributed by atoms with Crippen LogP contribution >= 0.6 is 23.1 Å². The highest BCUT2D eigenvalue weighted by Gasteiger charge is 2.40. The minimum atomic E-state index is -4.48. The largest absolute Gasteiger partial charge is 0.457 e. The van der Waals surface area contributed by atoms with E-state index in [9.17, 15) is 22.8 Å². The van der Waals surface area contributed by atoms with E-state index in [1.165, 1.54) is 35.2 Å². The van der Waals surface area contributed by atoms with Gasteiger partial charge < -0.3 is 9.64 Å². The number of amides is 1. The third kappa shape index (κ3) is 4.52. The van der Waals surface area contributed by atoms with Crippen LogP contribution in [0.4, 0.5) is 13.2 Å². The first kappa shape index (κ1) is 24.5. The third-order valence-corrected chi connectivity index (χ3v) is 8.52. The van der Waals surface area contributed by atoms with Gasteiger partial charge in [0.2, 0.25) is 5.78 Å². The van der Waals surface area contributed by atoms with Crippen LogP contribution in [0.1, 0.15) is 47.7 Å². The number of thiophene rings is 1. The molecule has 190 valence electrons. The van der Waals surface area contributed by atoms with Crippen LogP contribution in [-0.4, -0.2) is 16.6 Å². The molecule has 0 spiro atoms. The molecule has 9 heteroatoms. The van der Waals surface area contributed by atoms with Gasteiger partial charge >= 0.3 is 6.18 Å². The number of ketones is 1. The predicted octanol–water partition coefficient (Wildman–Crippen LogP) is 8.18. The van der Waals surface area contributed by atoms with Gasteiger partial charge in [-0.2, -0.15) is 13.2 Å². The molecule has 0 saturated carbocycles. The second kappa shape index (κ2) is 9.49. The average molecular weight is 550 g/mol. The Kier molecular flexibility index (Phi) is 6.12. The summed E-state index contributed by atoms with van der Waals surface area (Å²) >= 11 is 2.77. The summed E-state index contributed by atoms with van der Waals surface area (Å²) in [7, 11) is 0. The van der Waals surface area contributed by atoms with E-state index in [1.807, 2.05) is 23.6 Å². The van der Waals surface area contributed by atoms with E-state index in [2.05, 4.69) is 0 Å². The van der Waals surface area contributed by atoms with Crippen LogP contribution in [-0.2, 0) is 12.7 Å². The van der Waals surface area contributed by atoms with Crippen molar-refractivity contribution in [1.29, 1.82) is 0 Å². The number of halogens is 3. The Morgan fingerprint density at radius 1 is 0.895 bits per heavy atom. The van der Waals surface area contributed by atoms with E-state index in [0.717, 1.165) is 22.6 Å². The highest BCUT2D eigenvalue weighted by atomic mass is 32.2. The Bertz CT molecular complexity index is 1610. The lowest BCUT2D eigenvalue weighted by molar-refractivity contribution is -0.137. The lowest BCUT2D eigenvalue weighted by Crippen LogP contribution is -2.28. The fourth-order valence-electron chi connectivity index (χ4n) is 4.54.